The van der Waals surface area contributed by atoms with Crippen molar-refractivity contribution < 1.29 is 23.1 Å². The van der Waals surface area contributed by atoms with E-state index < -0.39 is 26.1 Å². The highest BCUT2D eigenvalue weighted by atomic mass is 31.2. The van der Waals surface area contributed by atoms with Gasteiger partial charge in [-0.25, -0.2) is 19.3 Å². The number of imidazole rings is 1. The van der Waals surface area contributed by atoms with E-state index in [1.807, 2.05) is 0 Å². The molecule has 4 atom stereocenters. The molecular weight excluding hydrogens is 316 g/mol. The Kier molecular flexibility index (Phi) is 3.85. The van der Waals surface area contributed by atoms with E-state index in [4.69, 9.17) is 19.9 Å². The molecule has 9 nitrogen and oxygen atoms in total. The Morgan fingerprint density at radius 2 is 2.36 bits per heavy atom. The van der Waals surface area contributed by atoms with Gasteiger partial charge < -0.3 is 19.9 Å². The van der Waals surface area contributed by atoms with Gasteiger partial charge in [-0.05, 0) is 0 Å². The van der Waals surface area contributed by atoms with Gasteiger partial charge in [-0.15, -0.1) is 0 Å². The third-order valence-electron chi connectivity index (χ3n) is 3.34. The molecule has 0 amide bonds. The minimum Gasteiger partial charge on any atom is -0.382 e. The van der Waals surface area contributed by atoms with Crippen LogP contribution < -0.4 is 5.73 Å². The minimum absolute atomic E-state index is 0.0584. The van der Waals surface area contributed by atoms with Gasteiger partial charge in [0.05, 0.1) is 12.9 Å². The fraction of sp³-hybridized carbons (Fsp3) is 0.545. The summed E-state index contributed by atoms with van der Waals surface area (Å²) < 4.78 is 37.0. The molecule has 0 radical (unpaired) electrons. The van der Waals surface area contributed by atoms with Gasteiger partial charge in [0.2, 0.25) is 0 Å². The number of rotatable bonds is 4. The second kappa shape index (κ2) is 5.54. The van der Waals surface area contributed by atoms with Crippen LogP contribution in [0.3, 0.4) is 0 Å². The molecule has 1 saturated heterocycles. The third-order valence-corrected chi connectivity index (χ3v) is 3.97. The van der Waals surface area contributed by atoms with E-state index in [0.717, 1.165) is 6.66 Å². The number of alkyl halides is 1. The van der Waals surface area contributed by atoms with E-state index in [0.29, 0.717) is 11.2 Å². The Bertz CT molecular complexity index is 734. The van der Waals surface area contributed by atoms with E-state index in [2.05, 4.69) is 15.0 Å². The molecule has 0 spiro atoms. The normalized spacial score (nSPS) is 28.0. The van der Waals surface area contributed by atoms with Gasteiger partial charge >= 0.3 is 7.60 Å². The summed E-state index contributed by atoms with van der Waals surface area (Å²) in [6, 6.07) is 0. The molecule has 3 rings (SSSR count). The molecule has 0 aliphatic carbocycles. The van der Waals surface area contributed by atoms with Crippen molar-refractivity contribution in [3.63, 3.8) is 0 Å². The second-order valence-corrected chi connectivity index (χ2v) is 6.93. The van der Waals surface area contributed by atoms with Crippen LogP contribution in [0.5, 0.6) is 0 Å². The lowest BCUT2D eigenvalue weighted by Crippen LogP contribution is -2.23. The van der Waals surface area contributed by atoms with Crippen LogP contribution in [0.15, 0.2) is 12.7 Å². The van der Waals surface area contributed by atoms with Crippen LogP contribution in [0.4, 0.5) is 10.2 Å². The Balaban J connectivity index is 1.78. The first-order valence-corrected chi connectivity index (χ1v) is 8.55. The highest BCUT2D eigenvalue weighted by Crippen LogP contribution is 2.39. The summed E-state index contributed by atoms with van der Waals surface area (Å²) in [6.45, 7) is 0.738. The van der Waals surface area contributed by atoms with E-state index in [1.165, 1.54) is 12.7 Å². The average molecular weight is 331 g/mol. The van der Waals surface area contributed by atoms with Crippen LogP contribution in [0.1, 0.15) is 12.6 Å². The number of aromatic nitrogens is 4. The number of nitrogens with two attached hydrogens (primary N) is 1. The molecule has 22 heavy (non-hydrogen) atoms. The van der Waals surface area contributed by atoms with Gasteiger partial charge in [-0.2, -0.15) is 0 Å². The molecule has 2 aromatic rings. The van der Waals surface area contributed by atoms with Crippen molar-refractivity contribution in [2.75, 3.05) is 19.0 Å². The molecule has 1 unspecified atom stereocenters. The number of halogens is 1. The van der Waals surface area contributed by atoms with Crippen molar-refractivity contribution in [1.29, 1.82) is 0 Å². The summed E-state index contributed by atoms with van der Waals surface area (Å²) in [6.07, 6.45) is -0.0963. The Labute approximate surface area is 124 Å². The van der Waals surface area contributed by atoms with E-state index in [9.17, 15) is 8.96 Å². The molecule has 0 saturated carbocycles. The molecule has 1 fully saturated rings. The maximum Gasteiger partial charge on any atom is 0.325 e. The number of hydrogen-bond acceptors (Lipinski definition) is 7. The predicted octanol–water partition coefficient (Wildman–Crippen LogP) is 0.866. The Morgan fingerprint density at radius 3 is 3.09 bits per heavy atom. The average Bonchev–Trinajstić information content (AvgIpc) is 3.00. The first-order valence-electron chi connectivity index (χ1n) is 6.52. The van der Waals surface area contributed by atoms with Crippen LogP contribution in [-0.4, -0.2) is 50.0 Å². The number of nitrogen functional groups attached to an aromatic ring is 1. The Morgan fingerprint density at radius 1 is 1.59 bits per heavy atom. The molecule has 11 heteroatoms. The van der Waals surface area contributed by atoms with Gasteiger partial charge in [0.25, 0.3) is 0 Å². The Hall–Kier alpha value is -1.61. The lowest BCUT2D eigenvalue weighted by atomic mass is 10.2. The molecule has 0 bridgehead atoms. The quantitative estimate of drug-likeness (QED) is 0.790. The summed E-state index contributed by atoms with van der Waals surface area (Å²) in [7, 11) is -3.67. The maximum atomic E-state index is 14.0. The van der Waals surface area contributed by atoms with Gasteiger partial charge in [-0.1, -0.05) is 0 Å². The predicted molar refractivity (Wildman–Crippen MR) is 74.9 cm³/mol. The molecule has 2 aromatic heterocycles. The van der Waals surface area contributed by atoms with Crippen molar-refractivity contribution in [2.24, 2.45) is 0 Å². The monoisotopic (exact) mass is 331 g/mol. The highest BCUT2D eigenvalue weighted by molar-refractivity contribution is 7.51. The SMILES string of the molecule is CP(=O)(O)OC[C@H]1O[C@@H](n2cnc3c(N)ncnc32)C[C@H]1F. The van der Waals surface area contributed by atoms with Crippen molar-refractivity contribution in [3.8, 4) is 0 Å². The fourth-order valence-corrected chi connectivity index (χ4v) is 2.73. The molecule has 3 N–H and O–H groups in total. The van der Waals surface area contributed by atoms with Gasteiger partial charge in [-0.3, -0.25) is 9.13 Å². The molecule has 1 aliphatic heterocycles. The molecule has 120 valence electrons. The standard InChI is InChI=1S/C11H15FN5O4P/c1-22(18,19)20-3-7-6(12)2-8(21-7)17-5-16-9-10(13)14-4-15-11(9)17/h4-8H,2-3H2,1H3,(H,18,19)(H2,13,14,15)/t6-,7-,8-/m1/s1. The zero-order valence-corrected chi connectivity index (χ0v) is 12.6. The van der Waals surface area contributed by atoms with Crippen molar-refractivity contribution >= 4 is 24.6 Å². The summed E-state index contributed by atoms with van der Waals surface area (Å²) in [5, 5.41) is 0. The van der Waals surface area contributed by atoms with Gasteiger partial charge in [0.1, 0.15) is 30.3 Å². The topological polar surface area (TPSA) is 125 Å². The number of anilines is 1. The third kappa shape index (κ3) is 2.95. The van der Waals surface area contributed by atoms with E-state index >= 15 is 0 Å². The highest BCUT2D eigenvalue weighted by Gasteiger charge is 2.38. The molecule has 3 heterocycles. The molecule has 1 aliphatic rings. The van der Waals surface area contributed by atoms with Gasteiger partial charge in [0, 0.05) is 13.1 Å². The van der Waals surface area contributed by atoms with Crippen LogP contribution in [0, 0.1) is 0 Å². The minimum atomic E-state index is -3.67. The second-order valence-electron chi connectivity index (χ2n) is 5.06. The smallest absolute Gasteiger partial charge is 0.325 e. The summed E-state index contributed by atoms with van der Waals surface area (Å²) in [4.78, 5) is 21.1. The fourth-order valence-electron chi connectivity index (χ4n) is 2.30. The van der Waals surface area contributed by atoms with E-state index in [1.54, 1.807) is 4.57 Å². The van der Waals surface area contributed by atoms with Crippen LogP contribution in [0.25, 0.3) is 11.2 Å². The number of ether oxygens (including phenoxy) is 1. The lowest BCUT2D eigenvalue weighted by molar-refractivity contribution is -0.0285. The zero-order chi connectivity index (χ0) is 15.9. The van der Waals surface area contributed by atoms with Crippen molar-refractivity contribution in [3.05, 3.63) is 12.7 Å². The number of nitrogens with zero attached hydrogens (tertiary/aromatic N) is 4. The van der Waals surface area contributed by atoms with Crippen LogP contribution >= 0.6 is 7.60 Å². The van der Waals surface area contributed by atoms with Gasteiger partial charge in [0.15, 0.2) is 11.5 Å². The first-order chi connectivity index (χ1) is 10.3. The van der Waals surface area contributed by atoms with Crippen LogP contribution in [0.2, 0.25) is 0 Å². The molecular formula is C11H15FN5O4P. The summed E-state index contributed by atoms with van der Waals surface area (Å²) in [5.41, 5.74) is 6.55. The van der Waals surface area contributed by atoms with Crippen molar-refractivity contribution in [1.82, 2.24) is 19.5 Å². The zero-order valence-electron chi connectivity index (χ0n) is 11.7. The van der Waals surface area contributed by atoms with Crippen molar-refractivity contribution in [2.45, 2.75) is 24.9 Å². The van der Waals surface area contributed by atoms with E-state index in [-0.39, 0.29) is 18.8 Å². The summed E-state index contributed by atoms with van der Waals surface area (Å²) >= 11 is 0. The number of fused-ring (bicyclic) bond motifs is 1. The largest absolute Gasteiger partial charge is 0.382 e. The lowest BCUT2D eigenvalue weighted by Gasteiger charge is -2.16. The first kappa shape index (κ1) is 15.3. The maximum absolute atomic E-state index is 14.0. The van der Waals surface area contributed by atoms with Crippen LogP contribution in [-0.2, 0) is 13.8 Å². The molecule has 0 aromatic carbocycles. The summed E-state index contributed by atoms with van der Waals surface area (Å²) in [5.74, 6) is 0.227. The number of hydrogen-bond donors (Lipinski definition) is 2.